The number of aliphatic carboxylic acids is 1. The molecule has 0 aromatic heterocycles. The van der Waals surface area contributed by atoms with E-state index in [0.29, 0.717) is 19.4 Å². The molecule has 1 aliphatic carbocycles. The standard InChI is InChI=1S/C19H22N2O3/c1-2-7-16(14-8-4-3-5-9-14)20-18(24)21-12-15-10-6-11-19(15,13-21)17(22)23/h1,3-5,8-9,15-16H,6-7,10-13H2,(H,20,24)(H,22,23)/t15-,16?,19+/m0/s1. The van der Waals surface area contributed by atoms with E-state index in [1.807, 2.05) is 30.3 Å². The highest BCUT2D eigenvalue weighted by atomic mass is 16.4. The second kappa shape index (κ2) is 6.56. The fourth-order valence-electron chi connectivity index (χ4n) is 4.09. The quantitative estimate of drug-likeness (QED) is 0.836. The SMILES string of the molecule is C#CCC(NC(=O)N1C[C@@H]2CCC[C@@]2(C(=O)O)C1)c1ccccc1. The first-order valence-electron chi connectivity index (χ1n) is 8.34. The highest BCUT2D eigenvalue weighted by Gasteiger charge is 2.55. The van der Waals surface area contributed by atoms with Crippen molar-refractivity contribution in [3.63, 3.8) is 0 Å². The number of likely N-dealkylation sites (tertiary alicyclic amines) is 1. The second-order valence-corrected chi connectivity index (χ2v) is 6.75. The lowest BCUT2D eigenvalue weighted by Crippen LogP contribution is -2.42. The van der Waals surface area contributed by atoms with Gasteiger partial charge in [-0.3, -0.25) is 4.79 Å². The van der Waals surface area contributed by atoms with Gasteiger partial charge in [-0.25, -0.2) is 4.79 Å². The van der Waals surface area contributed by atoms with Crippen LogP contribution in [0.15, 0.2) is 30.3 Å². The van der Waals surface area contributed by atoms with Crippen LogP contribution in [0.3, 0.4) is 0 Å². The molecular formula is C19H22N2O3. The van der Waals surface area contributed by atoms with Crippen molar-refractivity contribution >= 4 is 12.0 Å². The van der Waals surface area contributed by atoms with E-state index in [1.165, 1.54) is 0 Å². The van der Waals surface area contributed by atoms with E-state index in [0.717, 1.165) is 18.4 Å². The lowest BCUT2D eigenvalue weighted by molar-refractivity contribution is -0.149. The zero-order valence-corrected chi connectivity index (χ0v) is 13.6. The topological polar surface area (TPSA) is 69.6 Å². The van der Waals surface area contributed by atoms with Crippen molar-refractivity contribution in [3.05, 3.63) is 35.9 Å². The fourth-order valence-corrected chi connectivity index (χ4v) is 4.09. The number of carboxylic acid groups (broad SMARTS) is 1. The Morgan fingerprint density at radius 3 is 2.79 bits per heavy atom. The largest absolute Gasteiger partial charge is 0.481 e. The van der Waals surface area contributed by atoms with E-state index in [4.69, 9.17) is 6.42 Å². The fraction of sp³-hybridized carbons (Fsp3) is 0.474. The molecule has 5 heteroatoms. The van der Waals surface area contributed by atoms with Crippen LogP contribution in [-0.2, 0) is 4.79 Å². The van der Waals surface area contributed by atoms with E-state index in [-0.39, 0.29) is 24.5 Å². The van der Waals surface area contributed by atoms with Gasteiger partial charge >= 0.3 is 12.0 Å². The summed E-state index contributed by atoms with van der Waals surface area (Å²) in [7, 11) is 0. The van der Waals surface area contributed by atoms with Crippen LogP contribution in [-0.4, -0.2) is 35.1 Å². The van der Waals surface area contributed by atoms with Gasteiger partial charge in [0.2, 0.25) is 0 Å². The number of nitrogens with one attached hydrogen (secondary N) is 1. The molecule has 24 heavy (non-hydrogen) atoms. The molecule has 1 aromatic carbocycles. The van der Waals surface area contributed by atoms with Crippen LogP contribution in [0.25, 0.3) is 0 Å². The van der Waals surface area contributed by atoms with Crippen LogP contribution in [0.5, 0.6) is 0 Å². The summed E-state index contributed by atoms with van der Waals surface area (Å²) in [5.74, 6) is 1.88. The zero-order chi connectivity index (χ0) is 17.2. The smallest absolute Gasteiger partial charge is 0.317 e. The summed E-state index contributed by atoms with van der Waals surface area (Å²) in [5, 5.41) is 12.6. The minimum Gasteiger partial charge on any atom is -0.481 e. The van der Waals surface area contributed by atoms with Gasteiger partial charge in [-0.1, -0.05) is 36.8 Å². The van der Waals surface area contributed by atoms with E-state index in [9.17, 15) is 14.7 Å². The van der Waals surface area contributed by atoms with Crippen molar-refractivity contribution < 1.29 is 14.7 Å². The highest BCUT2D eigenvalue weighted by Crippen LogP contribution is 2.48. The Hall–Kier alpha value is -2.48. The molecule has 2 amide bonds. The number of fused-ring (bicyclic) bond motifs is 1. The van der Waals surface area contributed by atoms with Gasteiger partial charge in [0, 0.05) is 19.5 Å². The molecule has 2 aliphatic rings. The molecule has 0 radical (unpaired) electrons. The van der Waals surface area contributed by atoms with Gasteiger partial charge in [-0.05, 0) is 24.3 Å². The molecule has 1 aromatic rings. The van der Waals surface area contributed by atoms with Gasteiger partial charge < -0.3 is 15.3 Å². The van der Waals surface area contributed by atoms with Crippen LogP contribution in [0, 0.1) is 23.7 Å². The van der Waals surface area contributed by atoms with Gasteiger partial charge in [-0.2, -0.15) is 0 Å². The monoisotopic (exact) mass is 326 g/mol. The second-order valence-electron chi connectivity index (χ2n) is 6.75. The molecule has 3 atom stereocenters. The number of hydrogen-bond donors (Lipinski definition) is 2. The maximum absolute atomic E-state index is 12.7. The minimum atomic E-state index is -0.775. The third-order valence-corrected chi connectivity index (χ3v) is 5.41. The van der Waals surface area contributed by atoms with Crippen molar-refractivity contribution in [2.75, 3.05) is 13.1 Å². The van der Waals surface area contributed by atoms with Crippen molar-refractivity contribution in [1.29, 1.82) is 0 Å². The van der Waals surface area contributed by atoms with Crippen LogP contribution in [0.4, 0.5) is 4.79 Å². The Bertz CT molecular complexity index is 667. The van der Waals surface area contributed by atoms with Crippen molar-refractivity contribution in [2.24, 2.45) is 11.3 Å². The number of carbonyl (C=O) groups is 2. The maximum Gasteiger partial charge on any atom is 0.317 e. The molecule has 5 nitrogen and oxygen atoms in total. The minimum absolute atomic E-state index is 0.0589. The number of rotatable bonds is 4. The van der Waals surface area contributed by atoms with Gasteiger partial charge in [0.05, 0.1) is 11.5 Å². The summed E-state index contributed by atoms with van der Waals surface area (Å²) >= 11 is 0. The van der Waals surface area contributed by atoms with E-state index in [1.54, 1.807) is 4.90 Å². The molecule has 3 rings (SSSR count). The summed E-state index contributed by atoms with van der Waals surface area (Å²) < 4.78 is 0. The molecule has 1 unspecified atom stereocenters. The molecule has 2 N–H and O–H groups in total. The summed E-state index contributed by atoms with van der Waals surface area (Å²) in [6.07, 6.45) is 8.30. The van der Waals surface area contributed by atoms with Crippen molar-refractivity contribution in [3.8, 4) is 12.3 Å². The van der Waals surface area contributed by atoms with Crippen molar-refractivity contribution in [1.82, 2.24) is 10.2 Å². The molecule has 0 bridgehead atoms. The van der Waals surface area contributed by atoms with E-state index < -0.39 is 11.4 Å². The number of amides is 2. The Labute approximate surface area is 142 Å². The highest BCUT2D eigenvalue weighted by molar-refractivity contribution is 5.80. The molecule has 0 spiro atoms. The predicted molar refractivity (Wildman–Crippen MR) is 90.1 cm³/mol. The molecule has 1 saturated carbocycles. The molecule has 126 valence electrons. The van der Waals surface area contributed by atoms with Gasteiger partial charge in [0.15, 0.2) is 0 Å². The number of hydrogen-bond acceptors (Lipinski definition) is 2. The lowest BCUT2D eigenvalue weighted by Gasteiger charge is -2.25. The summed E-state index contributed by atoms with van der Waals surface area (Å²) in [6, 6.07) is 9.10. The van der Waals surface area contributed by atoms with Gasteiger partial charge in [0.25, 0.3) is 0 Å². The first-order chi connectivity index (χ1) is 11.6. The maximum atomic E-state index is 12.7. The average molecular weight is 326 g/mol. The average Bonchev–Trinajstić information content (AvgIpc) is 3.13. The third kappa shape index (κ3) is 2.84. The summed E-state index contributed by atoms with van der Waals surface area (Å²) in [6.45, 7) is 0.798. The van der Waals surface area contributed by atoms with Gasteiger partial charge in [-0.15, -0.1) is 12.3 Å². The number of carboxylic acids is 1. The van der Waals surface area contributed by atoms with Crippen LogP contribution in [0.1, 0.15) is 37.3 Å². The Kier molecular flexibility index (Phi) is 4.48. The normalized spacial score (nSPS) is 26.5. The summed E-state index contributed by atoms with van der Waals surface area (Å²) in [4.78, 5) is 26.0. The van der Waals surface area contributed by atoms with E-state index in [2.05, 4.69) is 11.2 Å². The number of urea groups is 1. The Morgan fingerprint density at radius 2 is 2.17 bits per heavy atom. The number of carbonyl (C=O) groups excluding carboxylic acids is 1. The van der Waals surface area contributed by atoms with Gasteiger partial charge in [0.1, 0.15) is 0 Å². The number of terminal acetylenes is 1. The number of benzene rings is 1. The van der Waals surface area contributed by atoms with Crippen LogP contribution in [0.2, 0.25) is 0 Å². The van der Waals surface area contributed by atoms with Crippen LogP contribution >= 0.6 is 0 Å². The first-order valence-corrected chi connectivity index (χ1v) is 8.34. The van der Waals surface area contributed by atoms with Crippen LogP contribution < -0.4 is 5.32 Å². The molecule has 1 aliphatic heterocycles. The van der Waals surface area contributed by atoms with Crippen molar-refractivity contribution in [2.45, 2.75) is 31.7 Å². The first kappa shape index (κ1) is 16.4. The Balaban J connectivity index is 1.71. The molecule has 1 saturated heterocycles. The van der Waals surface area contributed by atoms with E-state index >= 15 is 0 Å². The molecule has 2 fully saturated rings. The third-order valence-electron chi connectivity index (χ3n) is 5.41. The zero-order valence-electron chi connectivity index (χ0n) is 13.6. The molecular weight excluding hydrogens is 304 g/mol. The Morgan fingerprint density at radius 1 is 1.42 bits per heavy atom. The molecule has 1 heterocycles. The summed E-state index contributed by atoms with van der Waals surface area (Å²) in [5.41, 5.74) is 0.197. The lowest BCUT2D eigenvalue weighted by atomic mass is 9.81. The number of nitrogens with zero attached hydrogens (tertiary/aromatic N) is 1. The predicted octanol–water partition coefficient (Wildman–Crippen LogP) is 2.65.